The lowest BCUT2D eigenvalue weighted by molar-refractivity contribution is -0.137. The van der Waals surface area contributed by atoms with Crippen LogP contribution in [0.5, 0.6) is 0 Å². The Balaban J connectivity index is 1.90. The predicted octanol–water partition coefficient (Wildman–Crippen LogP) is 1.55. The predicted molar refractivity (Wildman–Crippen MR) is 69.9 cm³/mol. The molecule has 2 amide bonds. The molecule has 2 aliphatic rings. The summed E-state index contributed by atoms with van der Waals surface area (Å²) in [6.07, 6.45) is 4.58. The number of nitrogens with zero attached hydrogens (tertiary/aromatic N) is 1. The van der Waals surface area contributed by atoms with E-state index in [2.05, 4.69) is 19.2 Å². The van der Waals surface area contributed by atoms with Crippen LogP contribution in [0.4, 0.5) is 0 Å². The highest BCUT2D eigenvalue weighted by atomic mass is 16.2. The number of carbonyl (C=O) groups excluding carboxylic acids is 2. The number of hydrogen-bond donors (Lipinski definition) is 1. The van der Waals surface area contributed by atoms with Crippen molar-refractivity contribution < 1.29 is 9.59 Å². The van der Waals surface area contributed by atoms with E-state index in [1.807, 2.05) is 4.90 Å². The molecule has 0 spiro atoms. The van der Waals surface area contributed by atoms with Crippen molar-refractivity contribution in [2.24, 2.45) is 11.3 Å². The first-order valence-corrected chi connectivity index (χ1v) is 7.03. The Kier molecular flexibility index (Phi) is 3.93. The molecule has 0 aliphatic carbocycles. The number of amides is 2. The van der Waals surface area contributed by atoms with Gasteiger partial charge in [0, 0.05) is 26.1 Å². The molecule has 2 saturated heterocycles. The van der Waals surface area contributed by atoms with Crippen molar-refractivity contribution in [2.75, 3.05) is 19.6 Å². The van der Waals surface area contributed by atoms with Gasteiger partial charge < -0.3 is 10.2 Å². The number of nitrogens with one attached hydrogen (secondary N) is 1. The zero-order chi connectivity index (χ0) is 13.2. The smallest absolute Gasteiger partial charge is 0.227 e. The Labute approximate surface area is 109 Å². The molecule has 0 aromatic heterocycles. The third-order valence-corrected chi connectivity index (χ3v) is 4.27. The monoisotopic (exact) mass is 252 g/mol. The van der Waals surface area contributed by atoms with E-state index in [4.69, 9.17) is 0 Å². The van der Waals surface area contributed by atoms with Crippen LogP contribution in [0.1, 0.15) is 46.0 Å². The van der Waals surface area contributed by atoms with Crippen LogP contribution >= 0.6 is 0 Å². The van der Waals surface area contributed by atoms with Crippen LogP contribution in [0, 0.1) is 11.3 Å². The molecule has 4 heteroatoms. The number of likely N-dealkylation sites (tertiary alicyclic amines) is 1. The number of hydrogen-bond acceptors (Lipinski definition) is 2. The number of piperidine rings is 1. The first-order chi connectivity index (χ1) is 8.48. The quantitative estimate of drug-likeness (QED) is 0.770. The second-order valence-corrected chi connectivity index (χ2v) is 6.38. The van der Waals surface area contributed by atoms with Crippen LogP contribution in [-0.4, -0.2) is 36.3 Å². The third kappa shape index (κ3) is 3.24. The van der Waals surface area contributed by atoms with E-state index in [-0.39, 0.29) is 17.7 Å². The lowest BCUT2D eigenvalue weighted by Gasteiger charge is -2.29. The van der Waals surface area contributed by atoms with Crippen molar-refractivity contribution in [3.63, 3.8) is 0 Å². The SMILES string of the molecule is CC1(C)CCCN(C(=O)C2CCC(=O)NC2)CC1. The largest absolute Gasteiger partial charge is 0.355 e. The minimum atomic E-state index is 0.00362. The van der Waals surface area contributed by atoms with Gasteiger partial charge in [0.1, 0.15) is 0 Å². The van der Waals surface area contributed by atoms with Crippen LogP contribution in [-0.2, 0) is 9.59 Å². The Bertz CT molecular complexity index is 329. The fraction of sp³-hybridized carbons (Fsp3) is 0.857. The average Bonchev–Trinajstić information content (AvgIpc) is 2.50. The maximum Gasteiger partial charge on any atom is 0.227 e. The molecule has 0 saturated carbocycles. The van der Waals surface area contributed by atoms with Crippen molar-refractivity contribution in [3.8, 4) is 0 Å². The molecule has 2 heterocycles. The van der Waals surface area contributed by atoms with E-state index < -0.39 is 0 Å². The summed E-state index contributed by atoms with van der Waals surface area (Å²) in [6.45, 7) is 6.84. The fourth-order valence-corrected chi connectivity index (χ4v) is 2.85. The summed E-state index contributed by atoms with van der Waals surface area (Å²) in [5.74, 6) is 0.327. The standard InChI is InChI=1S/C14H24N2O2/c1-14(2)6-3-8-16(9-7-14)13(18)11-4-5-12(17)15-10-11/h11H,3-10H2,1-2H3,(H,15,17). The maximum absolute atomic E-state index is 12.4. The van der Waals surface area contributed by atoms with E-state index in [0.717, 1.165) is 25.9 Å². The lowest BCUT2D eigenvalue weighted by Crippen LogP contribution is -2.45. The molecule has 0 radical (unpaired) electrons. The number of carbonyl (C=O) groups is 2. The van der Waals surface area contributed by atoms with Gasteiger partial charge in [0.2, 0.25) is 11.8 Å². The average molecular weight is 252 g/mol. The van der Waals surface area contributed by atoms with Gasteiger partial charge in [-0.1, -0.05) is 13.8 Å². The van der Waals surface area contributed by atoms with E-state index in [1.165, 1.54) is 6.42 Å². The van der Waals surface area contributed by atoms with Crippen LogP contribution in [0.25, 0.3) is 0 Å². The summed E-state index contributed by atoms with van der Waals surface area (Å²) in [7, 11) is 0. The van der Waals surface area contributed by atoms with Gasteiger partial charge in [0.25, 0.3) is 0 Å². The Hall–Kier alpha value is -1.06. The topological polar surface area (TPSA) is 49.4 Å². The molecular formula is C14H24N2O2. The van der Waals surface area contributed by atoms with Gasteiger partial charge in [-0.15, -0.1) is 0 Å². The van der Waals surface area contributed by atoms with Gasteiger partial charge in [-0.25, -0.2) is 0 Å². The molecule has 2 rings (SSSR count). The van der Waals surface area contributed by atoms with Gasteiger partial charge in [0.05, 0.1) is 5.92 Å². The molecular weight excluding hydrogens is 228 g/mol. The molecule has 4 nitrogen and oxygen atoms in total. The summed E-state index contributed by atoms with van der Waals surface area (Å²) in [6, 6.07) is 0. The lowest BCUT2D eigenvalue weighted by atomic mass is 9.85. The molecule has 1 N–H and O–H groups in total. The van der Waals surface area contributed by atoms with Gasteiger partial charge in [-0.2, -0.15) is 0 Å². The molecule has 2 aliphatic heterocycles. The van der Waals surface area contributed by atoms with Gasteiger partial charge >= 0.3 is 0 Å². The van der Waals surface area contributed by atoms with Crippen molar-refractivity contribution in [1.82, 2.24) is 10.2 Å². The molecule has 0 bridgehead atoms. The van der Waals surface area contributed by atoms with Crippen molar-refractivity contribution in [2.45, 2.75) is 46.0 Å². The minimum Gasteiger partial charge on any atom is -0.355 e. The summed E-state index contributed by atoms with van der Waals surface area (Å²) < 4.78 is 0. The highest BCUT2D eigenvalue weighted by Gasteiger charge is 2.31. The summed E-state index contributed by atoms with van der Waals surface area (Å²) >= 11 is 0. The van der Waals surface area contributed by atoms with Crippen LogP contribution in [0.3, 0.4) is 0 Å². The van der Waals surface area contributed by atoms with Crippen molar-refractivity contribution in [1.29, 1.82) is 0 Å². The summed E-state index contributed by atoms with van der Waals surface area (Å²) in [5.41, 5.74) is 0.357. The van der Waals surface area contributed by atoms with Crippen LogP contribution in [0.2, 0.25) is 0 Å². The number of rotatable bonds is 1. The first kappa shape index (κ1) is 13.4. The molecule has 18 heavy (non-hydrogen) atoms. The molecule has 1 unspecified atom stereocenters. The molecule has 102 valence electrons. The van der Waals surface area contributed by atoms with Gasteiger partial charge in [-0.3, -0.25) is 9.59 Å². The first-order valence-electron chi connectivity index (χ1n) is 7.03. The van der Waals surface area contributed by atoms with Crippen molar-refractivity contribution in [3.05, 3.63) is 0 Å². The summed E-state index contributed by atoms with van der Waals surface area (Å²) in [5, 5.41) is 2.80. The highest BCUT2D eigenvalue weighted by Crippen LogP contribution is 2.30. The molecule has 0 aromatic carbocycles. The Morgan fingerprint density at radius 3 is 2.78 bits per heavy atom. The minimum absolute atomic E-state index is 0.00362. The van der Waals surface area contributed by atoms with Crippen molar-refractivity contribution >= 4 is 11.8 Å². The highest BCUT2D eigenvalue weighted by molar-refractivity contribution is 5.83. The Morgan fingerprint density at radius 1 is 1.33 bits per heavy atom. The molecule has 1 atom stereocenters. The van der Waals surface area contributed by atoms with Gasteiger partial charge in [0.15, 0.2) is 0 Å². The molecule has 0 aromatic rings. The van der Waals surface area contributed by atoms with E-state index in [0.29, 0.717) is 24.8 Å². The second-order valence-electron chi connectivity index (χ2n) is 6.38. The third-order valence-electron chi connectivity index (χ3n) is 4.27. The van der Waals surface area contributed by atoms with E-state index >= 15 is 0 Å². The van der Waals surface area contributed by atoms with Crippen LogP contribution < -0.4 is 5.32 Å². The maximum atomic E-state index is 12.4. The Morgan fingerprint density at radius 2 is 2.11 bits per heavy atom. The second kappa shape index (κ2) is 5.29. The fourth-order valence-electron chi connectivity index (χ4n) is 2.85. The summed E-state index contributed by atoms with van der Waals surface area (Å²) in [4.78, 5) is 25.5. The molecule has 2 fully saturated rings. The van der Waals surface area contributed by atoms with Crippen LogP contribution in [0.15, 0.2) is 0 Å². The zero-order valence-electron chi connectivity index (χ0n) is 11.5. The zero-order valence-corrected chi connectivity index (χ0v) is 11.5. The van der Waals surface area contributed by atoms with Gasteiger partial charge in [-0.05, 0) is 31.1 Å². The van der Waals surface area contributed by atoms with E-state index in [9.17, 15) is 9.59 Å². The normalized spacial score (nSPS) is 28.4. The van der Waals surface area contributed by atoms with E-state index in [1.54, 1.807) is 0 Å².